The Morgan fingerprint density at radius 3 is 2.70 bits per heavy atom. The Hall–Kier alpha value is -1.38. The Kier molecular flexibility index (Phi) is 3.97. The summed E-state index contributed by atoms with van der Waals surface area (Å²) in [5.74, 6) is 3.61. The molecule has 3 saturated carbocycles. The number of hydrogen-bond acceptors (Lipinski definition) is 3. The second kappa shape index (κ2) is 6.06. The van der Waals surface area contributed by atoms with Crippen LogP contribution in [-0.4, -0.2) is 17.4 Å². The van der Waals surface area contributed by atoms with Gasteiger partial charge in [-0.3, -0.25) is 4.79 Å². The second-order valence-electron chi connectivity index (χ2n) is 9.78. The van der Waals surface area contributed by atoms with Crippen molar-refractivity contribution >= 4 is 11.8 Å². The van der Waals surface area contributed by atoms with Gasteiger partial charge >= 0.3 is 5.97 Å². The van der Waals surface area contributed by atoms with Crippen molar-refractivity contribution in [3.63, 3.8) is 0 Å². The van der Waals surface area contributed by atoms with Gasteiger partial charge in [-0.1, -0.05) is 25.8 Å². The van der Waals surface area contributed by atoms with E-state index >= 15 is 0 Å². The van der Waals surface area contributed by atoms with Gasteiger partial charge in [0.15, 0.2) is 5.78 Å². The van der Waals surface area contributed by atoms with Gasteiger partial charge in [-0.05, 0) is 86.7 Å². The number of ketones is 1. The molecule has 0 aromatic heterocycles. The molecular weight excluding hydrogens is 336 g/mol. The van der Waals surface area contributed by atoms with Crippen LogP contribution in [0, 0.1) is 35.0 Å². The highest BCUT2D eigenvalue weighted by atomic mass is 16.6. The van der Waals surface area contributed by atoms with Crippen LogP contribution in [-0.2, 0) is 14.3 Å². The molecule has 0 radical (unpaired) electrons. The fraction of sp³-hybridized carbons (Fsp3) is 0.750. The summed E-state index contributed by atoms with van der Waals surface area (Å²) in [6, 6.07) is 0. The summed E-state index contributed by atoms with van der Waals surface area (Å²) in [6.45, 7) is 4.64. The first kappa shape index (κ1) is 17.7. The quantitative estimate of drug-likeness (QED) is 0.644. The fourth-order valence-corrected chi connectivity index (χ4v) is 8.24. The van der Waals surface area contributed by atoms with E-state index in [-0.39, 0.29) is 17.0 Å². The van der Waals surface area contributed by atoms with Crippen molar-refractivity contribution in [2.45, 2.75) is 77.2 Å². The number of hydrogen-bond donors (Lipinski definition) is 0. The molecule has 5 aliphatic rings. The standard InChI is InChI=1S/C24H32O3/c1-3-15-13-16-14-17(25)5-6-18(16)19-7-10-23(4-2)20(22(15)19)8-11-24(23)12-9-21(26)27-24/h9,12,14-15,18-20,22H,3-8,10-11,13H2,1-2H3/t15?,18-,19?,20?,22?,23-,24+/m0/s1. The molecule has 0 aromatic carbocycles. The average molecular weight is 369 g/mol. The van der Waals surface area contributed by atoms with Crippen molar-refractivity contribution in [1.29, 1.82) is 0 Å². The Labute approximate surface area is 162 Å². The van der Waals surface area contributed by atoms with E-state index in [1.807, 2.05) is 6.08 Å². The fourth-order valence-electron chi connectivity index (χ4n) is 8.24. The first-order valence-corrected chi connectivity index (χ1v) is 11.2. The monoisotopic (exact) mass is 368 g/mol. The Balaban J connectivity index is 1.54. The predicted molar refractivity (Wildman–Crippen MR) is 104 cm³/mol. The highest BCUT2D eigenvalue weighted by Gasteiger charge is 2.67. The minimum atomic E-state index is -0.342. The molecule has 27 heavy (non-hydrogen) atoms. The second-order valence-corrected chi connectivity index (χ2v) is 9.78. The molecule has 4 aliphatic carbocycles. The first-order valence-electron chi connectivity index (χ1n) is 11.2. The molecule has 1 spiro atoms. The Morgan fingerprint density at radius 2 is 2.00 bits per heavy atom. The van der Waals surface area contributed by atoms with Gasteiger partial charge in [0.25, 0.3) is 0 Å². The molecule has 146 valence electrons. The van der Waals surface area contributed by atoms with Crippen LogP contribution in [0.4, 0.5) is 0 Å². The maximum Gasteiger partial charge on any atom is 0.331 e. The van der Waals surface area contributed by atoms with Crippen LogP contribution < -0.4 is 0 Å². The number of carbonyl (C=O) groups excluding carboxylic acids is 2. The Morgan fingerprint density at radius 1 is 1.15 bits per heavy atom. The smallest absolute Gasteiger partial charge is 0.331 e. The van der Waals surface area contributed by atoms with E-state index in [2.05, 4.69) is 19.9 Å². The van der Waals surface area contributed by atoms with Gasteiger partial charge < -0.3 is 4.74 Å². The van der Waals surface area contributed by atoms with Crippen LogP contribution in [0.1, 0.15) is 71.6 Å². The van der Waals surface area contributed by atoms with Crippen molar-refractivity contribution in [2.24, 2.45) is 35.0 Å². The Bertz CT molecular complexity index is 734. The molecule has 0 amide bonds. The van der Waals surface area contributed by atoms with Crippen molar-refractivity contribution in [1.82, 2.24) is 0 Å². The van der Waals surface area contributed by atoms with E-state index < -0.39 is 0 Å². The van der Waals surface area contributed by atoms with E-state index in [0.29, 0.717) is 23.5 Å². The van der Waals surface area contributed by atoms with Gasteiger partial charge in [-0.2, -0.15) is 0 Å². The SMILES string of the molecule is CCC1CC2=CC(=O)CC[C@@H]2C2CC[C@@]3(CC)C(CC[C@@]34C=CC(=O)O4)C12. The van der Waals surface area contributed by atoms with Gasteiger partial charge in [0, 0.05) is 17.9 Å². The van der Waals surface area contributed by atoms with E-state index in [0.717, 1.165) is 43.9 Å². The van der Waals surface area contributed by atoms with Gasteiger partial charge in [0.05, 0.1) is 0 Å². The highest BCUT2D eigenvalue weighted by molar-refractivity contribution is 5.91. The molecule has 1 heterocycles. The number of fused-ring (bicyclic) bond motifs is 6. The molecule has 0 saturated heterocycles. The number of rotatable bonds is 2. The lowest BCUT2D eigenvalue weighted by Gasteiger charge is -2.58. The van der Waals surface area contributed by atoms with Crippen molar-refractivity contribution < 1.29 is 14.3 Å². The molecule has 0 N–H and O–H groups in total. The molecule has 0 aromatic rings. The third-order valence-corrected chi connectivity index (χ3v) is 9.27. The van der Waals surface area contributed by atoms with E-state index in [9.17, 15) is 9.59 Å². The lowest BCUT2D eigenvalue weighted by molar-refractivity contribution is -0.166. The third-order valence-electron chi connectivity index (χ3n) is 9.27. The highest BCUT2D eigenvalue weighted by Crippen LogP contribution is 2.69. The van der Waals surface area contributed by atoms with Gasteiger partial charge in [-0.15, -0.1) is 0 Å². The van der Waals surface area contributed by atoms with Crippen LogP contribution in [0.3, 0.4) is 0 Å². The lowest BCUT2D eigenvalue weighted by atomic mass is 9.47. The van der Waals surface area contributed by atoms with Gasteiger partial charge in [-0.25, -0.2) is 4.79 Å². The molecule has 0 bridgehead atoms. The van der Waals surface area contributed by atoms with Crippen LogP contribution >= 0.6 is 0 Å². The summed E-state index contributed by atoms with van der Waals surface area (Å²) in [4.78, 5) is 24.0. The summed E-state index contributed by atoms with van der Waals surface area (Å²) < 4.78 is 6.04. The van der Waals surface area contributed by atoms with Crippen molar-refractivity contribution in [2.75, 3.05) is 0 Å². The van der Waals surface area contributed by atoms with E-state index in [1.54, 1.807) is 6.08 Å². The normalized spacial score (nSPS) is 48.1. The maximum atomic E-state index is 12.0. The summed E-state index contributed by atoms with van der Waals surface area (Å²) in [5, 5.41) is 0. The molecule has 3 heteroatoms. The van der Waals surface area contributed by atoms with Crippen LogP contribution in [0.25, 0.3) is 0 Å². The molecular formula is C24H32O3. The molecule has 4 unspecified atom stereocenters. The summed E-state index contributed by atoms with van der Waals surface area (Å²) in [5.41, 5.74) is 1.24. The summed E-state index contributed by atoms with van der Waals surface area (Å²) >= 11 is 0. The molecule has 5 rings (SSSR count). The zero-order valence-corrected chi connectivity index (χ0v) is 16.7. The van der Waals surface area contributed by atoms with E-state index in [1.165, 1.54) is 31.3 Å². The average Bonchev–Trinajstić information content (AvgIpc) is 3.21. The summed E-state index contributed by atoms with van der Waals surface area (Å²) in [6.07, 6.45) is 15.6. The number of ether oxygens (including phenoxy) is 1. The third kappa shape index (κ3) is 2.26. The zero-order chi connectivity index (χ0) is 18.8. The topological polar surface area (TPSA) is 43.4 Å². The van der Waals surface area contributed by atoms with Gasteiger partial charge in [0.1, 0.15) is 5.60 Å². The van der Waals surface area contributed by atoms with Crippen LogP contribution in [0.5, 0.6) is 0 Å². The van der Waals surface area contributed by atoms with Crippen LogP contribution in [0.15, 0.2) is 23.8 Å². The van der Waals surface area contributed by atoms with Crippen molar-refractivity contribution in [3.05, 3.63) is 23.8 Å². The molecule has 7 atom stereocenters. The minimum Gasteiger partial charge on any atom is -0.451 e. The molecule has 1 aliphatic heterocycles. The lowest BCUT2D eigenvalue weighted by Crippen LogP contribution is -2.55. The zero-order valence-electron chi connectivity index (χ0n) is 16.7. The molecule has 3 fully saturated rings. The minimum absolute atomic E-state index is 0.121. The summed E-state index contributed by atoms with van der Waals surface area (Å²) in [7, 11) is 0. The largest absolute Gasteiger partial charge is 0.451 e. The van der Waals surface area contributed by atoms with Crippen molar-refractivity contribution in [3.8, 4) is 0 Å². The van der Waals surface area contributed by atoms with Gasteiger partial charge in [0.2, 0.25) is 0 Å². The van der Waals surface area contributed by atoms with E-state index in [4.69, 9.17) is 4.74 Å². The maximum absolute atomic E-state index is 12.0. The predicted octanol–water partition coefficient (Wildman–Crippen LogP) is 5.01. The first-order chi connectivity index (χ1) is 13.0. The number of esters is 1. The van der Waals surface area contributed by atoms with Crippen LogP contribution in [0.2, 0.25) is 0 Å². The number of allylic oxidation sites excluding steroid dienone is 1. The number of carbonyl (C=O) groups is 2. The molecule has 3 nitrogen and oxygen atoms in total.